The van der Waals surface area contributed by atoms with Gasteiger partial charge in [-0.2, -0.15) is 0 Å². The van der Waals surface area contributed by atoms with Crippen LogP contribution in [-0.2, 0) is 5.54 Å². The van der Waals surface area contributed by atoms with Gasteiger partial charge in [-0.15, -0.1) is 0 Å². The molecule has 0 aliphatic heterocycles. The van der Waals surface area contributed by atoms with Crippen molar-refractivity contribution in [3.05, 3.63) is 42.0 Å². The molecule has 0 aromatic heterocycles. The molecule has 2 nitrogen and oxygen atoms in total. The van der Waals surface area contributed by atoms with E-state index >= 15 is 0 Å². The van der Waals surface area contributed by atoms with Crippen LogP contribution in [0, 0.1) is 0 Å². The molecule has 84 valence electrons. The van der Waals surface area contributed by atoms with E-state index in [-0.39, 0.29) is 0 Å². The van der Waals surface area contributed by atoms with Crippen LogP contribution in [0.15, 0.2) is 36.4 Å². The summed E-state index contributed by atoms with van der Waals surface area (Å²) < 4.78 is 5.40. The number of fused-ring (bicyclic) bond motifs is 1. The first-order chi connectivity index (χ1) is 7.54. The van der Waals surface area contributed by atoms with E-state index in [9.17, 15) is 0 Å². The summed E-state index contributed by atoms with van der Waals surface area (Å²) in [4.78, 5) is 0. The first-order valence-corrected chi connectivity index (χ1v) is 5.39. The van der Waals surface area contributed by atoms with Crippen LogP contribution in [0.1, 0.15) is 19.4 Å². The molecule has 0 aliphatic carbocycles. The summed E-state index contributed by atoms with van der Waals surface area (Å²) in [7, 11) is 1.68. The second kappa shape index (κ2) is 3.80. The maximum absolute atomic E-state index is 6.22. The lowest BCUT2D eigenvalue weighted by molar-refractivity contribution is 0.396. The molecule has 0 saturated heterocycles. The molecule has 0 radical (unpaired) electrons. The van der Waals surface area contributed by atoms with Gasteiger partial charge in [0.1, 0.15) is 5.75 Å². The molecule has 0 amide bonds. The zero-order valence-corrected chi connectivity index (χ0v) is 9.95. The van der Waals surface area contributed by atoms with Crippen molar-refractivity contribution in [3.63, 3.8) is 0 Å². The van der Waals surface area contributed by atoms with Crippen LogP contribution in [-0.4, -0.2) is 7.11 Å². The molecule has 0 saturated carbocycles. The van der Waals surface area contributed by atoms with E-state index in [2.05, 4.69) is 18.2 Å². The highest BCUT2D eigenvalue weighted by Gasteiger charge is 2.21. The van der Waals surface area contributed by atoms with Crippen molar-refractivity contribution in [2.75, 3.05) is 7.11 Å². The largest absolute Gasteiger partial charge is 0.496 e. The Hall–Kier alpha value is -1.54. The molecule has 2 aromatic carbocycles. The molecule has 0 atom stereocenters. The van der Waals surface area contributed by atoms with Crippen LogP contribution in [0.2, 0.25) is 0 Å². The lowest BCUT2D eigenvalue weighted by Crippen LogP contribution is -2.29. The smallest absolute Gasteiger partial charge is 0.124 e. The third-order valence-corrected chi connectivity index (χ3v) is 2.76. The summed E-state index contributed by atoms with van der Waals surface area (Å²) in [6, 6.07) is 12.3. The van der Waals surface area contributed by atoms with Crippen LogP contribution in [0.3, 0.4) is 0 Å². The summed E-state index contributed by atoms with van der Waals surface area (Å²) in [5.41, 5.74) is 6.87. The summed E-state index contributed by atoms with van der Waals surface area (Å²) >= 11 is 0. The van der Waals surface area contributed by atoms with Crippen molar-refractivity contribution in [1.82, 2.24) is 0 Å². The Kier molecular flexibility index (Phi) is 2.60. The molecule has 0 heterocycles. The van der Waals surface area contributed by atoms with Gasteiger partial charge in [-0.05, 0) is 30.7 Å². The van der Waals surface area contributed by atoms with E-state index < -0.39 is 5.54 Å². The fourth-order valence-corrected chi connectivity index (χ4v) is 2.09. The van der Waals surface area contributed by atoms with Crippen LogP contribution in [0.5, 0.6) is 5.75 Å². The third-order valence-electron chi connectivity index (χ3n) is 2.76. The molecule has 2 rings (SSSR count). The Labute approximate surface area is 96.0 Å². The van der Waals surface area contributed by atoms with E-state index in [0.717, 1.165) is 16.7 Å². The highest BCUT2D eigenvalue weighted by atomic mass is 16.5. The highest BCUT2D eigenvalue weighted by molar-refractivity contribution is 5.88. The number of methoxy groups -OCH3 is 1. The van der Waals surface area contributed by atoms with Crippen molar-refractivity contribution in [1.29, 1.82) is 0 Å². The van der Waals surface area contributed by atoms with Gasteiger partial charge < -0.3 is 10.5 Å². The lowest BCUT2D eigenvalue weighted by Gasteiger charge is -2.24. The quantitative estimate of drug-likeness (QED) is 0.835. The molecular formula is C14H17NO. The normalized spacial score (nSPS) is 11.8. The van der Waals surface area contributed by atoms with Crippen LogP contribution in [0.25, 0.3) is 10.8 Å². The first kappa shape index (κ1) is 11.0. The van der Waals surface area contributed by atoms with Crippen LogP contribution in [0.4, 0.5) is 0 Å². The van der Waals surface area contributed by atoms with E-state index in [1.165, 1.54) is 5.39 Å². The molecule has 2 N–H and O–H groups in total. The molecule has 0 bridgehead atoms. The van der Waals surface area contributed by atoms with E-state index in [4.69, 9.17) is 10.5 Å². The molecule has 0 spiro atoms. The standard InChI is InChI=1S/C14H17NO/c1-14(2,15)13-11-7-5-4-6-10(11)8-9-12(13)16-3/h4-9H,15H2,1-3H3. The van der Waals surface area contributed by atoms with Crippen molar-refractivity contribution >= 4 is 10.8 Å². The summed E-state index contributed by atoms with van der Waals surface area (Å²) in [6.45, 7) is 3.99. The van der Waals surface area contributed by atoms with Crippen LogP contribution < -0.4 is 10.5 Å². The molecule has 0 aliphatic rings. The van der Waals surface area contributed by atoms with E-state index in [0.29, 0.717) is 0 Å². The molecule has 2 aromatic rings. The fourth-order valence-electron chi connectivity index (χ4n) is 2.09. The Morgan fingerprint density at radius 3 is 2.38 bits per heavy atom. The second-order valence-electron chi connectivity index (χ2n) is 4.59. The number of benzene rings is 2. The zero-order chi connectivity index (χ0) is 11.8. The predicted molar refractivity (Wildman–Crippen MR) is 67.7 cm³/mol. The zero-order valence-electron chi connectivity index (χ0n) is 9.95. The van der Waals surface area contributed by atoms with Crippen molar-refractivity contribution in [2.45, 2.75) is 19.4 Å². The second-order valence-corrected chi connectivity index (χ2v) is 4.59. The maximum Gasteiger partial charge on any atom is 0.124 e. The average molecular weight is 215 g/mol. The van der Waals surface area contributed by atoms with Gasteiger partial charge in [0.15, 0.2) is 0 Å². The monoisotopic (exact) mass is 215 g/mol. The van der Waals surface area contributed by atoms with Gasteiger partial charge in [0, 0.05) is 11.1 Å². The van der Waals surface area contributed by atoms with Gasteiger partial charge in [0.25, 0.3) is 0 Å². The Balaban J connectivity index is 2.84. The first-order valence-electron chi connectivity index (χ1n) is 5.39. The van der Waals surface area contributed by atoms with E-state index in [1.807, 2.05) is 32.0 Å². The van der Waals surface area contributed by atoms with Gasteiger partial charge >= 0.3 is 0 Å². The van der Waals surface area contributed by atoms with Crippen molar-refractivity contribution in [2.24, 2.45) is 5.73 Å². The molecule has 0 unspecified atom stereocenters. The number of hydrogen-bond donors (Lipinski definition) is 1. The molecule has 16 heavy (non-hydrogen) atoms. The van der Waals surface area contributed by atoms with Crippen molar-refractivity contribution in [3.8, 4) is 5.75 Å². The maximum atomic E-state index is 6.22. The average Bonchev–Trinajstić information content (AvgIpc) is 2.26. The van der Waals surface area contributed by atoms with Gasteiger partial charge in [0.05, 0.1) is 7.11 Å². The molecule has 0 fully saturated rings. The number of ether oxygens (including phenoxy) is 1. The number of rotatable bonds is 2. The summed E-state index contributed by atoms with van der Waals surface area (Å²) in [5.74, 6) is 0.853. The Morgan fingerprint density at radius 1 is 1.06 bits per heavy atom. The number of hydrogen-bond acceptors (Lipinski definition) is 2. The minimum absolute atomic E-state index is 0.411. The minimum Gasteiger partial charge on any atom is -0.496 e. The van der Waals surface area contributed by atoms with Gasteiger partial charge in [-0.3, -0.25) is 0 Å². The van der Waals surface area contributed by atoms with E-state index in [1.54, 1.807) is 7.11 Å². The summed E-state index contributed by atoms with van der Waals surface area (Å²) in [6.07, 6.45) is 0. The summed E-state index contributed by atoms with van der Waals surface area (Å²) in [5, 5.41) is 2.35. The Morgan fingerprint density at radius 2 is 1.75 bits per heavy atom. The van der Waals surface area contributed by atoms with Gasteiger partial charge in [0.2, 0.25) is 0 Å². The van der Waals surface area contributed by atoms with Crippen molar-refractivity contribution < 1.29 is 4.74 Å². The fraction of sp³-hybridized carbons (Fsp3) is 0.286. The molecule has 2 heteroatoms. The molecular weight excluding hydrogens is 198 g/mol. The van der Waals surface area contributed by atoms with Gasteiger partial charge in [-0.1, -0.05) is 30.3 Å². The third kappa shape index (κ3) is 1.76. The number of nitrogens with two attached hydrogens (primary N) is 1. The SMILES string of the molecule is COc1ccc2ccccc2c1C(C)(C)N. The van der Waals surface area contributed by atoms with Crippen LogP contribution >= 0.6 is 0 Å². The topological polar surface area (TPSA) is 35.2 Å². The predicted octanol–water partition coefficient (Wildman–Crippen LogP) is 3.04. The minimum atomic E-state index is -0.411. The highest BCUT2D eigenvalue weighted by Crippen LogP contribution is 2.34. The lowest BCUT2D eigenvalue weighted by atomic mass is 9.89. The van der Waals surface area contributed by atoms with Gasteiger partial charge in [-0.25, -0.2) is 0 Å². The Bertz CT molecular complexity index is 512.